The molecule has 128 valence electrons. The summed E-state index contributed by atoms with van der Waals surface area (Å²) in [7, 11) is 0. The SMILES string of the molecule is C[C@H]1CN(CCc2ccc(I)cc2)CCN1C(=O)OC(C)(C)C. The van der Waals surface area contributed by atoms with Crippen LogP contribution in [0.2, 0.25) is 0 Å². The lowest BCUT2D eigenvalue weighted by Gasteiger charge is -2.40. The van der Waals surface area contributed by atoms with Crippen LogP contribution in [0.5, 0.6) is 0 Å². The number of benzene rings is 1. The zero-order valence-electron chi connectivity index (χ0n) is 14.5. The highest BCUT2D eigenvalue weighted by atomic mass is 127. The van der Waals surface area contributed by atoms with Gasteiger partial charge in [-0.3, -0.25) is 4.90 Å². The third-order valence-electron chi connectivity index (χ3n) is 3.97. The van der Waals surface area contributed by atoms with Crippen molar-refractivity contribution in [3.05, 3.63) is 33.4 Å². The molecule has 1 saturated heterocycles. The van der Waals surface area contributed by atoms with E-state index in [9.17, 15) is 4.79 Å². The van der Waals surface area contributed by atoms with Crippen molar-refractivity contribution in [1.29, 1.82) is 0 Å². The summed E-state index contributed by atoms with van der Waals surface area (Å²) >= 11 is 2.33. The fraction of sp³-hybridized carbons (Fsp3) is 0.611. The second-order valence-electron chi connectivity index (χ2n) is 7.20. The lowest BCUT2D eigenvalue weighted by atomic mass is 10.1. The molecule has 0 bridgehead atoms. The van der Waals surface area contributed by atoms with Crippen molar-refractivity contribution in [2.24, 2.45) is 0 Å². The molecule has 23 heavy (non-hydrogen) atoms. The summed E-state index contributed by atoms with van der Waals surface area (Å²) in [4.78, 5) is 16.5. The molecule has 1 aliphatic heterocycles. The molecule has 1 fully saturated rings. The molecule has 1 aromatic rings. The zero-order chi connectivity index (χ0) is 17.0. The Balaban J connectivity index is 1.81. The Labute approximate surface area is 153 Å². The van der Waals surface area contributed by atoms with Crippen LogP contribution >= 0.6 is 22.6 Å². The molecule has 0 saturated carbocycles. The largest absolute Gasteiger partial charge is 0.444 e. The summed E-state index contributed by atoms with van der Waals surface area (Å²) in [5.74, 6) is 0. The summed E-state index contributed by atoms with van der Waals surface area (Å²) in [6, 6.07) is 8.89. The Hall–Kier alpha value is -0.820. The molecule has 0 N–H and O–H groups in total. The molecule has 5 heteroatoms. The van der Waals surface area contributed by atoms with Crippen molar-refractivity contribution in [2.45, 2.75) is 45.8 Å². The number of rotatable bonds is 3. The van der Waals surface area contributed by atoms with Crippen molar-refractivity contribution >= 4 is 28.7 Å². The number of ether oxygens (including phenoxy) is 1. The van der Waals surface area contributed by atoms with Crippen LogP contribution in [0.1, 0.15) is 33.3 Å². The lowest BCUT2D eigenvalue weighted by Crippen LogP contribution is -2.55. The van der Waals surface area contributed by atoms with Crippen LogP contribution in [-0.4, -0.2) is 53.7 Å². The van der Waals surface area contributed by atoms with Gasteiger partial charge in [-0.25, -0.2) is 4.79 Å². The fourth-order valence-electron chi connectivity index (χ4n) is 2.77. The minimum Gasteiger partial charge on any atom is -0.444 e. The molecule has 0 aliphatic carbocycles. The Morgan fingerprint density at radius 1 is 1.26 bits per heavy atom. The Morgan fingerprint density at radius 2 is 1.91 bits per heavy atom. The van der Waals surface area contributed by atoms with E-state index < -0.39 is 5.60 Å². The van der Waals surface area contributed by atoms with Crippen LogP contribution in [0.25, 0.3) is 0 Å². The van der Waals surface area contributed by atoms with Gasteiger partial charge >= 0.3 is 6.09 Å². The van der Waals surface area contributed by atoms with E-state index in [1.54, 1.807) is 0 Å². The lowest BCUT2D eigenvalue weighted by molar-refractivity contribution is 0.00163. The molecule has 0 unspecified atom stereocenters. The van der Waals surface area contributed by atoms with E-state index >= 15 is 0 Å². The van der Waals surface area contributed by atoms with Gasteiger partial charge in [-0.1, -0.05) is 12.1 Å². The quantitative estimate of drug-likeness (QED) is 0.685. The summed E-state index contributed by atoms with van der Waals surface area (Å²) in [5, 5.41) is 0. The summed E-state index contributed by atoms with van der Waals surface area (Å²) in [5.41, 5.74) is 0.936. The highest BCUT2D eigenvalue weighted by molar-refractivity contribution is 14.1. The van der Waals surface area contributed by atoms with Crippen molar-refractivity contribution < 1.29 is 9.53 Å². The Morgan fingerprint density at radius 3 is 2.48 bits per heavy atom. The smallest absolute Gasteiger partial charge is 0.410 e. The van der Waals surface area contributed by atoms with Gasteiger partial charge in [0.2, 0.25) is 0 Å². The predicted octanol–water partition coefficient (Wildman–Crippen LogP) is 3.77. The zero-order valence-corrected chi connectivity index (χ0v) is 16.7. The van der Waals surface area contributed by atoms with Gasteiger partial charge in [-0.2, -0.15) is 0 Å². The van der Waals surface area contributed by atoms with Crippen molar-refractivity contribution in [1.82, 2.24) is 9.80 Å². The number of hydrogen-bond acceptors (Lipinski definition) is 3. The third-order valence-corrected chi connectivity index (χ3v) is 4.69. The highest BCUT2D eigenvalue weighted by Gasteiger charge is 2.30. The van der Waals surface area contributed by atoms with E-state index in [0.717, 1.165) is 32.6 Å². The molecule has 2 rings (SSSR count). The van der Waals surface area contributed by atoms with Gasteiger partial charge in [0.1, 0.15) is 5.60 Å². The van der Waals surface area contributed by atoms with Crippen LogP contribution in [0, 0.1) is 3.57 Å². The van der Waals surface area contributed by atoms with Crippen LogP contribution in [0.15, 0.2) is 24.3 Å². The molecule has 0 radical (unpaired) electrons. The van der Waals surface area contributed by atoms with E-state index in [0.29, 0.717) is 0 Å². The van der Waals surface area contributed by atoms with Gasteiger partial charge < -0.3 is 9.64 Å². The van der Waals surface area contributed by atoms with Crippen LogP contribution in [0.4, 0.5) is 4.79 Å². The van der Waals surface area contributed by atoms with Gasteiger partial charge in [0.25, 0.3) is 0 Å². The van der Waals surface area contributed by atoms with Gasteiger partial charge in [0.15, 0.2) is 0 Å². The second-order valence-corrected chi connectivity index (χ2v) is 8.45. The first-order valence-electron chi connectivity index (χ1n) is 8.21. The molecule has 1 heterocycles. The average molecular weight is 430 g/mol. The number of carbonyl (C=O) groups excluding carboxylic acids is 1. The first kappa shape index (κ1) is 18.5. The number of halogens is 1. The van der Waals surface area contributed by atoms with E-state index in [4.69, 9.17) is 4.74 Å². The summed E-state index contributed by atoms with van der Waals surface area (Å²) in [6.45, 7) is 11.4. The molecule has 0 aromatic heterocycles. The van der Waals surface area contributed by atoms with Crippen molar-refractivity contribution in [2.75, 3.05) is 26.2 Å². The molecule has 1 atom stereocenters. The Kier molecular flexibility index (Phi) is 6.31. The number of amides is 1. The Bertz CT molecular complexity index is 525. The van der Waals surface area contributed by atoms with Crippen LogP contribution < -0.4 is 0 Å². The summed E-state index contributed by atoms with van der Waals surface area (Å²) in [6.07, 6.45) is 0.859. The molecule has 1 aliphatic rings. The number of piperazine rings is 1. The second kappa shape index (κ2) is 7.83. The monoisotopic (exact) mass is 430 g/mol. The first-order chi connectivity index (χ1) is 10.7. The standard InChI is InChI=1S/C18H27IN2O2/c1-14-13-20(10-9-15-5-7-16(19)8-6-15)11-12-21(14)17(22)23-18(2,3)4/h5-8,14H,9-13H2,1-4H3/t14-/m0/s1. The van der Waals surface area contributed by atoms with Crippen molar-refractivity contribution in [3.8, 4) is 0 Å². The number of hydrogen-bond donors (Lipinski definition) is 0. The van der Waals surface area contributed by atoms with E-state index in [1.165, 1.54) is 9.13 Å². The van der Waals surface area contributed by atoms with E-state index in [1.807, 2.05) is 25.7 Å². The maximum Gasteiger partial charge on any atom is 0.410 e. The average Bonchev–Trinajstić information content (AvgIpc) is 2.45. The number of nitrogens with zero attached hydrogens (tertiary/aromatic N) is 2. The molecule has 1 amide bonds. The van der Waals surface area contributed by atoms with E-state index in [-0.39, 0.29) is 12.1 Å². The molecular formula is C18H27IN2O2. The molecule has 0 spiro atoms. The van der Waals surface area contributed by atoms with Gasteiger partial charge in [0, 0.05) is 35.8 Å². The van der Waals surface area contributed by atoms with Gasteiger partial charge in [0.05, 0.1) is 0 Å². The minimum atomic E-state index is -0.432. The number of carbonyl (C=O) groups is 1. The van der Waals surface area contributed by atoms with E-state index in [2.05, 4.69) is 58.7 Å². The summed E-state index contributed by atoms with van der Waals surface area (Å²) < 4.78 is 6.76. The van der Waals surface area contributed by atoms with Crippen LogP contribution in [0.3, 0.4) is 0 Å². The normalized spacial score (nSPS) is 19.7. The first-order valence-corrected chi connectivity index (χ1v) is 9.29. The minimum absolute atomic E-state index is 0.190. The van der Waals surface area contributed by atoms with Gasteiger partial charge in [-0.15, -0.1) is 0 Å². The fourth-order valence-corrected chi connectivity index (χ4v) is 3.13. The molecule has 4 nitrogen and oxygen atoms in total. The molecular weight excluding hydrogens is 403 g/mol. The maximum atomic E-state index is 12.2. The topological polar surface area (TPSA) is 32.8 Å². The molecule has 1 aromatic carbocycles. The predicted molar refractivity (Wildman–Crippen MR) is 102 cm³/mol. The van der Waals surface area contributed by atoms with Gasteiger partial charge in [-0.05, 0) is 74.4 Å². The third kappa shape index (κ3) is 5.95. The highest BCUT2D eigenvalue weighted by Crippen LogP contribution is 2.16. The van der Waals surface area contributed by atoms with Crippen LogP contribution in [-0.2, 0) is 11.2 Å². The van der Waals surface area contributed by atoms with Crippen molar-refractivity contribution in [3.63, 3.8) is 0 Å². The maximum absolute atomic E-state index is 12.2.